The molecule has 1 aromatic heterocycles. The molecule has 0 amide bonds. The van der Waals surface area contributed by atoms with E-state index in [2.05, 4.69) is 17.1 Å². The quantitative estimate of drug-likeness (QED) is 0.871. The van der Waals surface area contributed by atoms with Crippen LogP contribution in [0.25, 0.3) is 0 Å². The van der Waals surface area contributed by atoms with Crippen LogP contribution in [0.4, 0.5) is 0 Å². The van der Waals surface area contributed by atoms with Gasteiger partial charge in [-0.3, -0.25) is 0 Å². The molecule has 0 atom stereocenters. The summed E-state index contributed by atoms with van der Waals surface area (Å²) < 4.78 is 5.51. The topological polar surface area (TPSA) is 64.9 Å². The van der Waals surface area contributed by atoms with Crippen molar-refractivity contribution in [3.63, 3.8) is 0 Å². The summed E-state index contributed by atoms with van der Waals surface area (Å²) in [5.41, 5.74) is 6.12. The molecule has 17 heavy (non-hydrogen) atoms. The molecule has 4 heteroatoms. The van der Waals surface area contributed by atoms with Gasteiger partial charge in [-0.2, -0.15) is 4.98 Å². The molecule has 2 N–H and O–H groups in total. The third kappa shape index (κ3) is 1.61. The minimum absolute atomic E-state index is 0.181. The molecular formula is C13H21N3O. The maximum atomic E-state index is 6.23. The summed E-state index contributed by atoms with van der Waals surface area (Å²) in [4.78, 5) is 4.61. The highest BCUT2D eigenvalue weighted by Crippen LogP contribution is 2.47. The van der Waals surface area contributed by atoms with Crippen LogP contribution in [0.1, 0.15) is 70.0 Å². The van der Waals surface area contributed by atoms with E-state index in [1.165, 1.54) is 32.1 Å². The minimum atomic E-state index is -0.293. The van der Waals surface area contributed by atoms with Gasteiger partial charge in [0.05, 0.1) is 5.54 Å². The summed E-state index contributed by atoms with van der Waals surface area (Å²) in [6.07, 6.45) is 9.17. The van der Waals surface area contributed by atoms with Crippen molar-refractivity contribution in [1.82, 2.24) is 10.1 Å². The van der Waals surface area contributed by atoms with Gasteiger partial charge in [0.15, 0.2) is 5.82 Å². The molecule has 4 nitrogen and oxygen atoms in total. The molecular weight excluding hydrogens is 214 g/mol. The lowest BCUT2D eigenvalue weighted by molar-refractivity contribution is 0.159. The first kappa shape index (κ1) is 11.2. The van der Waals surface area contributed by atoms with Crippen LogP contribution in [0.2, 0.25) is 0 Å². The molecule has 2 saturated carbocycles. The van der Waals surface area contributed by atoms with Crippen LogP contribution in [0.3, 0.4) is 0 Å². The third-order valence-electron chi connectivity index (χ3n) is 4.61. The molecule has 0 radical (unpaired) electrons. The summed E-state index contributed by atoms with van der Waals surface area (Å²) in [5.74, 6) is 1.58. The summed E-state index contributed by atoms with van der Waals surface area (Å²) in [7, 11) is 0. The van der Waals surface area contributed by atoms with Gasteiger partial charge in [0.2, 0.25) is 5.89 Å². The van der Waals surface area contributed by atoms with Crippen molar-refractivity contribution in [3.05, 3.63) is 11.7 Å². The second kappa shape index (κ2) is 3.80. The second-order valence-corrected chi connectivity index (χ2v) is 5.82. The Morgan fingerprint density at radius 2 is 1.94 bits per heavy atom. The smallest absolute Gasteiger partial charge is 0.232 e. The van der Waals surface area contributed by atoms with Gasteiger partial charge in [-0.25, -0.2) is 0 Å². The normalized spacial score (nSPS) is 25.1. The highest BCUT2D eigenvalue weighted by atomic mass is 16.5. The zero-order valence-electron chi connectivity index (χ0n) is 10.5. The zero-order valence-corrected chi connectivity index (χ0v) is 10.5. The van der Waals surface area contributed by atoms with Crippen molar-refractivity contribution in [2.45, 2.75) is 69.2 Å². The Bertz CT molecular complexity index is 405. The van der Waals surface area contributed by atoms with Crippen molar-refractivity contribution in [1.29, 1.82) is 0 Å². The molecule has 0 aliphatic heterocycles. The van der Waals surface area contributed by atoms with Crippen LogP contribution in [-0.2, 0) is 11.0 Å². The van der Waals surface area contributed by atoms with E-state index in [9.17, 15) is 0 Å². The Balaban J connectivity index is 1.84. The molecule has 2 aliphatic carbocycles. The molecule has 2 fully saturated rings. The Hall–Kier alpha value is -0.900. The van der Waals surface area contributed by atoms with Crippen molar-refractivity contribution in [2.75, 3.05) is 0 Å². The fraction of sp³-hybridized carbons (Fsp3) is 0.846. The molecule has 3 rings (SSSR count). The lowest BCUT2D eigenvalue weighted by Crippen LogP contribution is -2.44. The summed E-state index contributed by atoms with van der Waals surface area (Å²) >= 11 is 0. The Morgan fingerprint density at radius 3 is 2.41 bits per heavy atom. The molecule has 0 bridgehead atoms. The molecule has 94 valence electrons. The number of aromatic nitrogens is 2. The average molecular weight is 235 g/mol. The van der Waals surface area contributed by atoms with E-state index in [1.54, 1.807) is 0 Å². The highest BCUT2D eigenvalue weighted by molar-refractivity contribution is 5.15. The largest absolute Gasteiger partial charge is 0.339 e. The van der Waals surface area contributed by atoms with E-state index >= 15 is 0 Å². The van der Waals surface area contributed by atoms with Crippen molar-refractivity contribution < 1.29 is 4.52 Å². The molecule has 0 saturated heterocycles. The molecule has 0 aromatic carbocycles. The average Bonchev–Trinajstić information content (AvgIpc) is 2.69. The zero-order chi connectivity index (χ0) is 11.9. The number of nitrogens with zero attached hydrogens (tertiary/aromatic N) is 2. The number of hydrogen-bond acceptors (Lipinski definition) is 4. The Morgan fingerprint density at radius 1 is 1.24 bits per heavy atom. The molecule has 2 aliphatic rings. The molecule has 1 aromatic rings. The summed E-state index contributed by atoms with van der Waals surface area (Å²) in [6.45, 7) is 2.22. The van der Waals surface area contributed by atoms with Gasteiger partial charge in [-0.1, -0.05) is 24.9 Å². The predicted octanol–water partition coefficient (Wildman–Crippen LogP) is 2.63. The van der Waals surface area contributed by atoms with Crippen LogP contribution >= 0.6 is 0 Å². The predicted molar refractivity (Wildman–Crippen MR) is 64.5 cm³/mol. The highest BCUT2D eigenvalue weighted by Gasteiger charge is 2.45. The maximum absolute atomic E-state index is 6.23. The maximum Gasteiger partial charge on any atom is 0.232 e. The van der Waals surface area contributed by atoms with Crippen molar-refractivity contribution >= 4 is 0 Å². The van der Waals surface area contributed by atoms with E-state index in [1.807, 2.05) is 0 Å². The van der Waals surface area contributed by atoms with Crippen LogP contribution in [0, 0.1) is 0 Å². The van der Waals surface area contributed by atoms with E-state index in [0.29, 0.717) is 0 Å². The minimum Gasteiger partial charge on any atom is -0.339 e. The van der Waals surface area contributed by atoms with Crippen molar-refractivity contribution in [3.8, 4) is 0 Å². The van der Waals surface area contributed by atoms with Gasteiger partial charge >= 0.3 is 0 Å². The SMILES string of the molecule is CCCC1(c2nc(C3(N)CCC3)no2)CCC1. The van der Waals surface area contributed by atoms with Gasteiger partial charge in [-0.15, -0.1) is 0 Å². The van der Waals surface area contributed by atoms with Gasteiger partial charge in [0, 0.05) is 5.41 Å². The standard InChI is InChI=1S/C13H21N3O/c1-2-5-12(6-3-7-12)11-15-10(16-17-11)13(14)8-4-9-13/h2-9,14H2,1H3. The van der Waals surface area contributed by atoms with Crippen LogP contribution in [0.5, 0.6) is 0 Å². The van der Waals surface area contributed by atoms with Gasteiger partial charge in [0.25, 0.3) is 0 Å². The molecule has 0 spiro atoms. The number of hydrogen-bond donors (Lipinski definition) is 1. The van der Waals surface area contributed by atoms with E-state index < -0.39 is 0 Å². The first-order valence-corrected chi connectivity index (χ1v) is 6.82. The van der Waals surface area contributed by atoms with Crippen LogP contribution < -0.4 is 5.73 Å². The third-order valence-corrected chi connectivity index (χ3v) is 4.61. The lowest BCUT2D eigenvalue weighted by Gasteiger charge is -2.38. The van der Waals surface area contributed by atoms with Crippen LogP contribution in [-0.4, -0.2) is 10.1 Å². The molecule has 1 heterocycles. The fourth-order valence-electron chi connectivity index (χ4n) is 3.08. The van der Waals surface area contributed by atoms with Gasteiger partial charge < -0.3 is 10.3 Å². The van der Waals surface area contributed by atoms with Gasteiger partial charge in [0.1, 0.15) is 0 Å². The first-order chi connectivity index (χ1) is 8.19. The Labute approximate surface area is 102 Å². The number of nitrogens with two attached hydrogens (primary N) is 1. The summed E-state index contributed by atoms with van der Waals surface area (Å²) in [6, 6.07) is 0. The summed E-state index contributed by atoms with van der Waals surface area (Å²) in [5, 5.41) is 4.13. The Kier molecular flexibility index (Phi) is 2.51. The fourth-order valence-corrected chi connectivity index (χ4v) is 3.08. The second-order valence-electron chi connectivity index (χ2n) is 5.82. The van der Waals surface area contributed by atoms with Crippen molar-refractivity contribution in [2.24, 2.45) is 5.73 Å². The molecule has 0 unspecified atom stereocenters. The van der Waals surface area contributed by atoms with Gasteiger partial charge in [-0.05, 0) is 38.5 Å². The van der Waals surface area contributed by atoms with E-state index in [0.717, 1.165) is 31.0 Å². The number of rotatable bonds is 4. The van der Waals surface area contributed by atoms with Crippen LogP contribution in [0.15, 0.2) is 4.52 Å². The monoisotopic (exact) mass is 235 g/mol. The first-order valence-electron chi connectivity index (χ1n) is 6.82. The van der Waals surface area contributed by atoms with E-state index in [4.69, 9.17) is 10.3 Å². The van der Waals surface area contributed by atoms with E-state index in [-0.39, 0.29) is 11.0 Å². The lowest BCUT2D eigenvalue weighted by atomic mass is 9.66.